The standard InChI is InChI=1S/C32H33N5O7S2/c33-31(23-44-35-46(34,41)42)20-29(21-36(31)30(38)43-22-24-16-18-28(19-17-24)37(39)40)45-32(25-10-4-1-5-11-25,26-12-6-2-7-13-26)27-14-8-3-9-15-27/h1-19,29,35H,20-23,33H2,(H2,34,41,42)/t29-,31-/m0/s1. The topological polar surface area (TPSA) is 180 Å². The van der Waals surface area contributed by atoms with Crippen LogP contribution in [0, 0.1) is 10.1 Å². The fourth-order valence-electron chi connectivity index (χ4n) is 5.57. The predicted octanol–water partition coefficient (Wildman–Crippen LogP) is 4.41. The first-order chi connectivity index (χ1) is 22.0. The van der Waals surface area contributed by atoms with Crippen LogP contribution in [0.15, 0.2) is 115 Å². The molecule has 1 aliphatic heterocycles. The van der Waals surface area contributed by atoms with Crippen molar-refractivity contribution in [2.24, 2.45) is 10.9 Å². The van der Waals surface area contributed by atoms with Crippen LogP contribution < -0.4 is 15.8 Å². The summed E-state index contributed by atoms with van der Waals surface area (Å²) in [6.07, 6.45) is -0.543. The van der Waals surface area contributed by atoms with Crippen molar-refractivity contribution in [3.05, 3.63) is 148 Å². The third kappa shape index (κ3) is 7.55. The van der Waals surface area contributed by atoms with Crippen LogP contribution in [-0.2, 0) is 31.1 Å². The minimum Gasteiger partial charge on any atom is -0.444 e. The van der Waals surface area contributed by atoms with Crippen molar-refractivity contribution >= 4 is 33.8 Å². The van der Waals surface area contributed by atoms with Crippen molar-refractivity contribution in [1.29, 1.82) is 0 Å². The van der Waals surface area contributed by atoms with Gasteiger partial charge in [-0.15, -0.1) is 11.8 Å². The monoisotopic (exact) mass is 663 g/mol. The molecule has 1 saturated heterocycles. The molecule has 0 spiro atoms. The highest BCUT2D eigenvalue weighted by Gasteiger charge is 2.50. The van der Waals surface area contributed by atoms with Gasteiger partial charge in [0.2, 0.25) is 0 Å². The minimum absolute atomic E-state index is 0.0892. The number of nitro groups is 1. The number of benzene rings is 4. The number of nitro benzene ring substituents is 1. The molecule has 0 aromatic heterocycles. The van der Waals surface area contributed by atoms with E-state index < -0.39 is 38.2 Å². The summed E-state index contributed by atoms with van der Waals surface area (Å²) in [6.45, 7) is -0.436. The molecule has 5 N–H and O–H groups in total. The van der Waals surface area contributed by atoms with Gasteiger partial charge >= 0.3 is 6.09 Å². The quantitative estimate of drug-likeness (QED) is 0.112. The number of hydrogen-bond acceptors (Lipinski definition) is 9. The van der Waals surface area contributed by atoms with Crippen LogP contribution in [0.2, 0.25) is 0 Å². The number of carbonyl (C=O) groups is 1. The Morgan fingerprint density at radius 2 is 1.43 bits per heavy atom. The molecule has 12 nitrogen and oxygen atoms in total. The van der Waals surface area contributed by atoms with Crippen LogP contribution in [0.4, 0.5) is 10.5 Å². The Morgan fingerprint density at radius 1 is 0.935 bits per heavy atom. The average Bonchev–Trinajstić information content (AvgIpc) is 3.38. The molecule has 4 aromatic carbocycles. The number of amides is 1. The zero-order valence-electron chi connectivity index (χ0n) is 24.6. The zero-order valence-corrected chi connectivity index (χ0v) is 26.2. The Balaban J connectivity index is 1.47. The van der Waals surface area contributed by atoms with Gasteiger partial charge in [0.05, 0.1) is 9.67 Å². The van der Waals surface area contributed by atoms with Gasteiger partial charge in [-0.1, -0.05) is 95.9 Å². The Labute approximate surface area is 271 Å². The maximum atomic E-state index is 13.6. The molecule has 1 heterocycles. The number of carbonyl (C=O) groups excluding carboxylic acids is 1. The van der Waals surface area contributed by atoms with E-state index in [0.29, 0.717) is 5.56 Å². The van der Waals surface area contributed by atoms with E-state index >= 15 is 0 Å². The van der Waals surface area contributed by atoms with Gasteiger partial charge in [0.1, 0.15) is 18.9 Å². The van der Waals surface area contributed by atoms with Crippen molar-refractivity contribution in [2.75, 3.05) is 13.2 Å². The summed E-state index contributed by atoms with van der Waals surface area (Å²) in [7, 11) is -4.20. The fourth-order valence-corrected chi connectivity index (χ4v) is 7.71. The number of nitrogens with one attached hydrogen (secondary N) is 1. The number of nitrogens with zero attached hydrogens (tertiary/aromatic N) is 2. The molecule has 46 heavy (non-hydrogen) atoms. The normalized spacial score (nSPS) is 18.3. The largest absolute Gasteiger partial charge is 0.444 e. The molecule has 1 amide bonds. The van der Waals surface area contributed by atoms with Crippen molar-refractivity contribution < 1.29 is 27.7 Å². The number of likely N-dealkylation sites (tertiary alicyclic amines) is 1. The van der Waals surface area contributed by atoms with Crippen molar-refractivity contribution in [3.63, 3.8) is 0 Å². The van der Waals surface area contributed by atoms with Crippen molar-refractivity contribution in [3.8, 4) is 0 Å². The summed E-state index contributed by atoms with van der Waals surface area (Å²) >= 11 is 1.63. The third-order valence-corrected chi connectivity index (χ3v) is 9.68. The highest BCUT2D eigenvalue weighted by Crippen LogP contribution is 2.52. The predicted molar refractivity (Wildman–Crippen MR) is 174 cm³/mol. The minimum atomic E-state index is -4.20. The maximum absolute atomic E-state index is 13.6. The molecule has 5 rings (SSSR count). The molecule has 0 bridgehead atoms. The van der Waals surface area contributed by atoms with E-state index in [0.717, 1.165) is 16.7 Å². The van der Waals surface area contributed by atoms with E-state index in [1.807, 2.05) is 54.6 Å². The number of ether oxygens (including phenoxy) is 1. The number of hydrogen-bond donors (Lipinski definition) is 3. The SMILES string of the molecule is N[C@@]1(CONS(N)(=O)=O)C[C@H](SC(c2ccccc2)(c2ccccc2)c2ccccc2)CN1C(=O)OCc1ccc([N+](=O)[O-])cc1. The maximum Gasteiger partial charge on any atom is 0.411 e. The lowest BCUT2D eigenvalue weighted by atomic mass is 9.84. The summed E-state index contributed by atoms with van der Waals surface area (Å²) in [5, 5.41) is 15.8. The molecule has 1 fully saturated rings. The summed E-state index contributed by atoms with van der Waals surface area (Å²) in [6, 6.07) is 35.7. The molecule has 4 aromatic rings. The molecule has 2 atom stereocenters. The second-order valence-corrected chi connectivity index (χ2v) is 13.6. The first-order valence-electron chi connectivity index (χ1n) is 14.2. The van der Waals surface area contributed by atoms with Crippen LogP contribution >= 0.6 is 11.8 Å². The van der Waals surface area contributed by atoms with E-state index in [1.165, 1.54) is 29.2 Å². The lowest BCUT2D eigenvalue weighted by molar-refractivity contribution is -0.384. The number of nitrogens with two attached hydrogens (primary N) is 2. The lowest BCUT2D eigenvalue weighted by Gasteiger charge is -2.37. The summed E-state index contributed by atoms with van der Waals surface area (Å²) in [5.41, 5.74) is 8.84. The van der Waals surface area contributed by atoms with E-state index in [9.17, 15) is 23.3 Å². The average molecular weight is 664 g/mol. The van der Waals surface area contributed by atoms with E-state index in [2.05, 4.69) is 36.4 Å². The van der Waals surface area contributed by atoms with Crippen molar-refractivity contribution in [1.82, 2.24) is 9.79 Å². The molecule has 0 radical (unpaired) electrons. The van der Waals surface area contributed by atoms with E-state index in [-0.39, 0.29) is 30.5 Å². The van der Waals surface area contributed by atoms with E-state index in [4.69, 9.17) is 20.4 Å². The van der Waals surface area contributed by atoms with Crippen LogP contribution in [0.3, 0.4) is 0 Å². The summed E-state index contributed by atoms with van der Waals surface area (Å²) in [5.74, 6) is 0. The molecule has 1 aliphatic rings. The molecule has 14 heteroatoms. The molecule has 0 saturated carbocycles. The Hall–Kier alpha value is -4.31. The summed E-state index contributed by atoms with van der Waals surface area (Å²) < 4.78 is 27.9. The van der Waals surface area contributed by atoms with Gasteiger partial charge in [-0.05, 0) is 34.4 Å². The Bertz CT molecular complexity index is 1650. The molecular weight excluding hydrogens is 631 g/mol. The molecular formula is C32H33N5O7S2. The first kappa shape index (κ1) is 33.1. The Kier molecular flexibility index (Phi) is 10.1. The van der Waals surface area contributed by atoms with Gasteiger partial charge in [-0.3, -0.25) is 19.9 Å². The second kappa shape index (κ2) is 14.0. The van der Waals surface area contributed by atoms with E-state index in [1.54, 1.807) is 16.6 Å². The molecule has 240 valence electrons. The zero-order chi connectivity index (χ0) is 32.8. The highest BCUT2D eigenvalue weighted by molar-refractivity contribution is 8.01. The van der Waals surface area contributed by atoms with Crippen LogP contribution in [0.25, 0.3) is 0 Å². The Morgan fingerprint density at radius 3 is 1.89 bits per heavy atom. The van der Waals surface area contributed by atoms with Gasteiger partial charge in [0, 0.05) is 30.3 Å². The highest BCUT2D eigenvalue weighted by atomic mass is 32.2. The first-order valence-corrected chi connectivity index (χ1v) is 16.7. The third-order valence-electron chi connectivity index (χ3n) is 7.62. The van der Waals surface area contributed by atoms with Gasteiger partial charge in [0.15, 0.2) is 0 Å². The van der Waals surface area contributed by atoms with Gasteiger partial charge < -0.3 is 10.5 Å². The summed E-state index contributed by atoms with van der Waals surface area (Å²) in [4.78, 5) is 32.4. The smallest absolute Gasteiger partial charge is 0.411 e. The van der Waals surface area contributed by atoms with Gasteiger partial charge in [-0.25, -0.2) is 9.93 Å². The van der Waals surface area contributed by atoms with Crippen LogP contribution in [0.5, 0.6) is 0 Å². The number of thioether (sulfide) groups is 1. The van der Waals surface area contributed by atoms with Gasteiger partial charge in [-0.2, -0.15) is 8.42 Å². The number of rotatable bonds is 12. The van der Waals surface area contributed by atoms with Crippen molar-refractivity contribution in [2.45, 2.75) is 28.7 Å². The lowest BCUT2D eigenvalue weighted by Crippen LogP contribution is -2.58. The van der Waals surface area contributed by atoms with Crippen LogP contribution in [-0.4, -0.2) is 48.4 Å². The second-order valence-electron chi connectivity index (χ2n) is 10.8. The fraction of sp³-hybridized carbons (Fsp3) is 0.219. The van der Waals surface area contributed by atoms with Gasteiger partial charge in [0.25, 0.3) is 15.9 Å². The van der Waals surface area contributed by atoms with Crippen LogP contribution in [0.1, 0.15) is 28.7 Å². The number of non-ortho nitro benzene ring substituents is 1. The molecule has 0 aliphatic carbocycles. The molecule has 0 unspecified atom stereocenters.